The predicted octanol–water partition coefficient (Wildman–Crippen LogP) is 3.59. The zero-order valence-electron chi connectivity index (χ0n) is 14.5. The zero-order chi connectivity index (χ0) is 16.0. The number of nitrogens with zero attached hydrogens (tertiary/aromatic N) is 1. The second kappa shape index (κ2) is 5.65. The molecule has 122 valence electrons. The summed E-state index contributed by atoms with van der Waals surface area (Å²) in [5.74, 6) is 1.17. The van der Waals surface area contributed by atoms with Crippen LogP contribution in [0.1, 0.15) is 39.2 Å². The van der Waals surface area contributed by atoms with E-state index in [2.05, 4.69) is 63.1 Å². The van der Waals surface area contributed by atoms with Gasteiger partial charge in [0.1, 0.15) is 0 Å². The van der Waals surface area contributed by atoms with E-state index in [-0.39, 0.29) is 11.5 Å². The van der Waals surface area contributed by atoms with Crippen molar-refractivity contribution < 1.29 is 5.11 Å². The molecule has 0 radical (unpaired) electrons. The molecule has 0 aromatic heterocycles. The molecule has 3 saturated carbocycles. The van der Waals surface area contributed by atoms with Gasteiger partial charge >= 0.3 is 0 Å². The SMILES string of the molecule is CN(CCc1ccccc1)CC1C2CC(C)(C2)C(C)(C)C1O. The number of likely N-dealkylation sites (N-methyl/N-ethyl adjacent to an activating group) is 1. The van der Waals surface area contributed by atoms with E-state index in [4.69, 9.17) is 0 Å². The lowest BCUT2D eigenvalue weighted by Crippen LogP contribution is -2.64. The monoisotopic (exact) mass is 301 g/mol. The van der Waals surface area contributed by atoms with Gasteiger partial charge in [0.25, 0.3) is 0 Å². The van der Waals surface area contributed by atoms with Crippen molar-refractivity contribution in [2.45, 2.75) is 46.1 Å². The summed E-state index contributed by atoms with van der Waals surface area (Å²) in [5.41, 5.74) is 1.80. The Kier molecular flexibility index (Phi) is 4.11. The fourth-order valence-corrected chi connectivity index (χ4v) is 4.74. The molecule has 3 fully saturated rings. The van der Waals surface area contributed by atoms with Crippen LogP contribution in [0.3, 0.4) is 0 Å². The van der Waals surface area contributed by atoms with Crippen LogP contribution >= 0.6 is 0 Å². The van der Waals surface area contributed by atoms with Gasteiger partial charge in [0.2, 0.25) is 0 Å². The summed E-state index contributed by atoms with van der Waals surface area (Å²) in [5, 5.41) is 10.9. The number of hydrogen-bond acceptors (Lipinski definition) is 2. The van der Waals surface area contributed by atoms with Gasteiger partial charge in [-0.25, -0.2) is 0 Å². The minimum atomic E-state index is -0.163. The third-order valence-electron chi connectivity index (χ3n) is 6.88. The van der Waals surface area contributed by atoms with Crippen molar-refractivity contribution in [1.29, 1.82) is 0 Å². The fraction of sp³-hybridized carbons (Fsp3) is 0.700. The molecule has 2 bridgehead atoms. The molecule has 0 aliphatic heterocycles. The van der Waals surface area contributed by atoms with Crippen LogP contribution in [0.5, 0.6) is 0 Å². The van der Waals surface area contributed by atoms with Crippen LogP contribution in [0.4, 0.5) is 0 Å². The van der Waals surface area contributed by atoms with Gasteiger partial charge in [-0.3, -0.25) is 0 Å². The molecule has 2 heteroatoms. The van der Waals surface area contributed by atoms with Crippen LogP contribution in [-0.2, 0) is 6.42 Å². The molecule has 3 aliphatic rings. The summed E-state index contributed by atoms with van der Waals surface area (Å²) in [7, 11) is 2.20. The predicted molar refractivity (Wildman–Crippen MR) is 91.8 cm³/mol. The number of aliphatic hydroxyl groups excluding tert-OH is 1. The molecule has 22 heavy (non-hydrogen) atoms. The summed E-state index contributed by atoms with van der Waals surface area (Å²) in [6.45, 7) is 8.99. The first kappa shape index (κ1) is 16.0. The van der Waals surface area contributed by atoms with E-state index in [1.807, 2.05) is 0 Å². The summed E-state index contributed by atoms with van der Waals surface area (Å²) in [6, 6.07) is 10.7. The van der Waals surface area contributed by atoms with Crippen molar-refractivity contribution in [3.63, 3.8) is 0 Å². The summed E-state index contributed by atoms with van der Waals surface area (Å²) >= 11 is 0. The van der Waals surface area contributed by atoms with Gasteiger partial charge in [-0.15, -0.1) is 0 Å². The lowest BCUT2D eigenvalue weighted by molar-refractivity contribution is -0.215. The molecule has 4 rings (SSSR count). The van der Waals surface area contributed by atoms with E-state index >= 15 is 0 Å². The Morgan fingerprint density at radius 3 is 2.41 bits per heavy atom. The van der Waals surface area contributed by atoms with E-state index in [1.54, 1.807) is 0 Å². The van der Waals surface area contributed by atoms with Gasteiger partial charge < -0.3 is 10.0 Å². The second-order valence-electron chi connectivity index (χ2n) is 8.56. The molecular weight excluding hydrogens is 270 g/mol. The van der Waals surface area contributed by atoms with Gasteiger partial charge in [-0.2, -0.15) is 0 Å². The Morgan fingerprint density at radius 2 is 1.77 bits per heavy atom. The Hall–Kier alpha value is -0.860. The quantitative estimate of drug-likeness (QED) is 0.898. The first-order valence-corrected chi connectivity index (χ1v) is 8.74. The number of fused-ring (bicyclic) bond motifs is 2. The Labute approximate surface area is 135 Å². The second-order valence-corrected chi connectivity index (χ2v) is 8.56. The highest BCUT2D eigenvalue weighted by Crippen LogP contribution is 2.66. The molecule has 2 nitrogen and oxygen atoms in total. The molecule has 1 aromatic carbocycles. The highest BCUT2D eigenvalue weighted by atomic mass is 16.3. The van der Waals surface area contributed by atoms with Crippen LogP contribution in [-0.4, -0.2) is 36.2 Å². The van der Waals surface area contributed by atoms with Crippen LogP contribution in [0.25, 0.3) is 0 Å². The molecule has 0 heterocycles. The molecule has 0 saturated heterocycles. The van der Waals surface area contributed by atoms with Crippen molar-refractivity contribution in [1.82, 2.24) is 4.90 Å². The molecular formula is C20H31NO. The maximum atomic E-state index is 10.9. The van der Waals surface area contributed by atoms with Gasteiger partial charge in [0.15, 0.2) is 0 Å². The third-order valence-corrected chi connectivity index (χ3v) is 6.88. The highest BCUT2D eigenvalue weighted by Gasteiger charge is 2.62. The summed E-state index contributed by atoms with van der Waals surface area (Å²) in [4.78, 5) is 2.41. The Morgan fingerprint density at radius 1 is 1.14 bits per heavy atom. The maximum absolute atomic E-state index is 10.9. The number of aliphatic hydroxyl groups is 1. The minimum Gasteiger partial charge on any atom is -0.392 e. The molecule has 2 atom stereocenters. The number of rotatable bonds is 5. The van der Waals surface area contributed by atoms with E-state index in [0.717, 1.165) is 25.4 Å². The molecule has 1 aromatic rings. The van der Waals surface area contributed by atoms with Crippen LogP contribution in [0.2, 0.25) is 0 Å². The van der Waals surface area contributed by atoms with Crippen molar-refractivity contribution in [3.05, 3.63) is 35.9 Å². The van der Waals surface area contributed by atoms with Gasteiger partial charge in [-0.1, -0.05) is 51.1 Å². The Bertz CT molecular complexity index is 504. The van der Waals surface area contributed by atoms with E-state index < -0.39 is 0 Å². The van der Waals surface area contributed by atoms with Crippen LogP contribution in [0.15, 0.2) is 30.3 Å². The highest BCUT2D eigenvalue weighted by molar-refractivity contribution is 5.15. The summed E-state index contributed by atoms with van der Waals surface area (Å²) < 4.78 is 0. The van der Waals surface area contributed by atoms with Crippen molar-refractivity contribution in [2.24, 2.45) is 22.7 Å². The van der Waals surface area contributed by atoms with Gasteiger partial charge in [-0.05, 0) is 48.6 Å². The van der Waals surface area contributed by atoms with Crippen LogP contribution in [0, 0.1) is 22.7 Å². The first-order valence-electron chi connectivity index (χ1n) is 8.74. The van der Waals surface area contributed by atoms with E-state index in [1.165, 1.54) is 18.4 Å². The van der Waals surface area contributed by atoms with Crippen molar-refractivity contribution in [3.8, 4) is 0 Å². The first-order chi connectivity index (χ1) is 10.3. The fourth-order valence-electron chi connectivity index (χ4n) is 4.74. The van der Waals surface area contributed by atoms with Crippen molar-refractivity contribution in [2.75, 3.05) is 20.1 Å². The molecule has 0 spiro atoms. The molecule has 3 aliphatic carbocycles. The topological polar surface area (TPSA) is 23.5 Å². The largest absolute Gasteiger partial charge is 0.392 e. The van der Waals surface area contributed by atoms with Crippen LogP contribution < -0.4 is 0 Å². The maximum Gasteiger partial charge on any atom is 0.0639 e. The smallest absolute Gasteiger partial charge is 0.0639 e. The van der Waals surface area contributed by atoms with E-state index in [0.29, 0.717) is 11.3 Å². The van der Waals surface area contributed by atoms with Gasteiger partial charge in [0, 0.05) is 19.0 Å². The normalized spacial score (nSPS) is 36.2. The van der Waals surface area contributed by atoms with E-state index in [9.17, 15) is 5.11 Å². The number of hydrogen-bond donors (Lipinski definition) is 1. The molecule has 0 amide bonds. The minimum absolute atomic E-state index is 0.0483. The average Bonchev–Trinajstić information content (AvgIpc) is 2.46. The summed E-state index contributed by atoms with van der Waals surface area (Å²) in [6.07, 6.45) is 3.53. The lowest BCUT2D eigenvalue weighted by atomic mass is 9.40. The number of benzene rings is 1. The average molecular weight is 301 g/mol. The zero-order valence-corrected chi connectivity index (χ0v) is 14.5. The molecule has 1 N–H and O–H groups in total. The standard InChI is InChI=1S/C20H31NO/c1-19(2)18(22)17(16-12-20(19,3)13-16)14-21(4)11-10-15-8-6-5-7-9-15/h5-9,16-18,22H,10-14H2,1-4H3. The Balaban J connectivity index is 1.57. The molecule has 2 unspecified atom stereocenters. The van der Waals surface area contributed by atoms with Gasteiger partial charge in [0.05, 0.1) is 6.10 Å². The van der Waals surface area contributed by atoms with Crippen molar-refractivity contribution >= 4 is 0 Å². The lowest BCUT2D eigenvalue weighted by Gasteiger charge is -2.66. The third kappa shape index (κ3) is 2.61.